The maximum atomic E-state index is 15.0. The van der Waals surface area contributed by atoms with Crippen molar-refractivity contribution in [3.8, 4) is 17.0 Å². The molecule has 1 aliphatic rings. The highest BCUT2D eigenvalue weighted by molar-refractivity contribution is 5.61. The molecule has 1 heterocycles. The summed E-state index contributed by atoms with van der Waals surface area (Å²) < 4.78 is 20.8. The molecule has 2 nitrogen and oxygen atoms in total. The molecular formula is C32H48FNO. The van der Waals surface area contributed by atoms with Gasteiger partial charge in [-0.15, -0.1) is 0 Å². The lowest BCUT2D eigenvalue weighted by Gasteiger charge is -2.44. The molecule has 0 saturated heterocycles. The summed E-state index contributed by atoms with van der Waals surface area (Å²) >= 11 is 0. The third kappa shape index (κ3) is 7.54. The highest BCUT2D eigenvalue weighted by Gasteiger charge is 2.40. The van der Waals surface area contributed by atoms with E-state index in [4.69, 9.17) is 9.72 Å². The van der Waals surface area contributed by atoms with E-state index in [1.165, 1.54) is 102 Å². The van der Waals surface area contributed by atoms with E-state index in [-0.39, 0.29) is 11.2 Å². The minimum atomic E-state index is -0.257. The summed E-state index contributed by atoms with van der Waals surface area (Å²) in [5, 5.41) is 0. The Morgan fingerprint density at radius 3 is 2.29 bits per heavy atom. The van der Waals surface area contributed by atoms with Gasteiger partial charge in [0.15, 0.2) is 0 Å². The number of aromatic nitrogens is 1. The van der Waals surface area contributed by atoms with Crippen LogP contribution in [0.4, 0.5) is 4.39 Å². The Hall–Kier alpha value is -1.90. The van der Waals surface area contributed by atoms with Crippen LogP contribution in [-0.4, -0.2) is 11.6 Å². The smallest absolute Gasteiger partial charge is 0.136 e. The summed E-state index contributed by atoms with van der Waals surface area (Å²) in [6.07, 6.45) is 20.9. The van der Waals surface area contributed by atoms with Crippen molar-refractivity contribution in [1.29, 1.82) is 0 Å². The number of pyridine rings is 1. The first-order chi connectivity index (χ1) is 17.1. The van der Waals surface area contributed by atoms with Crippen LogP contribution in [0.5, 0.6) is 5.75 Å². The molecule has 35 heavy (non-hydrogen) atoms. The predicted molar refractivity (Wildman–Crippen MR) is 147 cm³/mol. The molecule has 0 spiro atoms. The lowest BCUT2D eigenvalue weighted by Crippen LogP contribution is -2.37. The van der Waals surface area contributed by atoms with E-state index in [9.17, 15) is 4.39 Å². The Labute approximate surface area is 214 Å². The summed E-state index contributed by atoms with van der Waals surface area (Å²) in [4.78, 5) is 4.81. The summed E-state index contributed by atoms with van der Waals surface area (Å²) in [5.74, 6) is 1.07. The van der Waals surface area contributed by atoms with Gasteiger partial charge in [-0.25, -0.2) is 4.39 Å². The third-order valence-electron chi connectivity index (χ3n) is 8.14. The zero-order valence-corrected chi connectivity index (χ0v) is 22.6. The fourth-order valence-electron chi connectivity index (χ4n) is 6.15. The third-order valence-corrected chi connectivity index (χ3v) is 8.14. The second kappa shape index (κ2) is 14.6. The topological polar surface area (TPSA) is 22.1 Å². The van der Waals surface area contributed by atoms with Crippen molar-refractivity contribution in [2.45, 2.75) is 122 Å². The molecule has 2 aromatic rings. The molecule has 1 aliphatic carbocycles. The van der Waals surface area contributed by atoms with Crippen LogP contribution in [0, 0.1) is 11.7 Å². The first kappa shape index (κ1) is 27.7. The van der Waals surface area contributed by atoms with Gasteiger partial charge in [-0.1, -0.05) is 91.0 Å². The Bertz CT molecular complexity index is 856. The Kier molecular flexibility index (Phi) is 11.6. The Morgan fingerprint density at radius 1 is 0.857 bits per heavy atom. The van der Waals surface area contributed by atoms with Crippen molar-refractivity contribution in [3.63, 3.8) is 0 Å². The van der Waals surface area contributed by atoms with Crippen LogP contribution in [0.15, 0.2) is 36.5 Å². The molecule has 1 saturated carbocycles. The maximum Gasteiger partial charge on any atom is 0.136 e. The van der Waals surface area contributed by atoms with E-state index in [1.54, 1.807) is 0 Å². The van der Waals surface area contributed by atoms with Crippen molar-refractivity contribution >= 4 is 0 Å². The number of ether oxygens (including phenoxy) is 1. The molecule has 194 valence electrons. The fourth-order valence-corrected chi connectivity index (χ4v) is 6.15. The number of rotatable bonds is 15. The van der Waals surface area contributed by atoms with Gasteiger partial charge in [-0.3, -0.25) is 4.98 Å². The lowest BCUT2D eigenvalue weighted by atomic mass is 9.60. The molecule has 1 atom stereocenters. The monoisotopic (exact) mass is 481 g/mol. The van der Waals surface area contributed by atoms with Gasteiger partial charge in [0, 0.05) is 17.8 Å². The van der Waals surface area contributed by atoms with Crippen LogP contribution >= 0.6 is 0 Å². The van der Waals surface area contributed by atoms with Crippen LogP contribution < -0.4 is 4.74 Å². The largest absolute Gasteiger partial charge is 0.493 e. The Morgan fingerprint density at radius 2 is 1.63 bits per heavy atom. The van der Waals surface area contributed by atoms with Crippen LogP contribution in [0.2, 0.25) is 0 Å². The van der Waals surface area contributed by atoms with Gasteiger partial charge < -0.3 is 4.74 Å². The average Bonchev–Trinajstić information content (AvgIpc) is 2.89. The molecule has 1 fully saturated rings. The van der Waals surface area contributed by atoms with Crippen molar-refractivity contribution in [1.82, 2.24) is 4.98 Å². The van der Waals surface area contributed by atoms with Crippen LogP contribution in [0.25, 0.3) is 11.3 Å². The number of halogens is 1. The summed E-state index contributed by atoms with van der Waals surface area (Å²) in [7, 11) is 0. The van der Waals surface area contributed by atoms with Gasteiger partial charge >= 0.3 is 0 Å². The van der Waals surface area contributed by atoms with E-state index >= 15 is 0 Å². The minimum Gasteiger partial charge on any atom is -0.493 e. The summed E-state index contributed by atoms with van der Waals surface area (Å²) in [5.41, 5.74) is 2.88. The number of hydrogen-bond donors (Lipinski definition) is 0. The fraction of sp³-hybridized carbons (Fsp3) is 0.656. The van der Waals surface area contributed by atoms with E-state index in [0.29, 0.717) is 23.6 Å². The lowest BCUT2D eigenvalue weighted by molar-refractivity contribution is 0.166. The van der Waals surface area contributed by atoms with E-state index in [0.717, 1.165) is 12.3 Å². The van der Waals surface area contributed by atoms with Gasteiger partial charge in [-0.2, -0.15) is 0 Å². The van der Waals surface area contributed by atoms with Gasteiger partial charge in [0.05, 0.1) is 12.3 Å². The highest BCUT2D eigenvalue weighted by Crippen LogP contribution is 2.48. The molecule has 0 amide bonds. The van der Waals surface area contributed by atoms with Crippen molar-refractivity contribution in [2.75, 3.05) is 6.61 Å². The van der Waals surface area contributed by atoms with Crippen LogP contribution in [-0.2, 0) is 5.41 Å². The van der Waals surface area contributed by atoms with Crippen molar-refractivity contribution < 1.29 is 9.13 Å². The maximum absolute atomic E-state index is 15.0. The summed E-state index contributed by atoms with van der Waals surface area (Å²) in [6, 6.07) is 9.51. The van der Waals surface area contributed by atoms with Crippen LogP contribution in [0.1, 0.15) is 123 Å². The minimum absolute atomic E-state index is 0.238. The second-order valence-corrected chi connectivity index (χ2v) is 10.7. The van der Waals surface area contributed by atoms with Gasteiger partial charge in [0.2, 0.25) is 0 Å². The Balaban J connectivity index is 1.72. The standard InChI is InChI=1S/C32H48FNO/c1-4-7-9-10-14-23-35-28-18-19-29(30(33)24-28)31-20-17-27(25-34-31)32(21-12-11-13-22-32)26(15-6-3)16-8-5-2/h17-20,24-26H,4-16,21-23H2,1-3H3. The van der Waals surface area contributed by atoms with E-state index < -0.39 is 0 Å². The van der Waals surface area contributed by atoms with Gasteiger partial charge in [-0.05, 0) is 67.2 Å². The first-order valence-electron chi connectivity index (χ1n) is 14.5. The van der Waals surface area contributed by atoms with E-state index in [2.05, 4.69) is 33.0 Å². The number of unbranched alkanes of at least 4 members (excludes halogenated alkanes) is 5. The van der Waals surface area contributed by atoms with Gasteiger partial charge in [0.1, 0.15) is 11.6 Å². The summed E-state index contributed by atoms with van der Waals surface area (Å²) in [6.45, 7) is 7.48. The molecule has 0 radical (unpaired) electrons. The van der Waals surface area contributed by atoms with Crippen molar-refractivity contribution in [3.05, 3.63) is 47.9 Å². The highest BCUT2D eigenvalue weighted by atomic mass is 19.1. The molecular weight excluding hydrogens is 433 g/mol. The zero-order chi connectivity index (χ0) is 24.9. The number of nitrogens with zero attached hydrogens (tertiary/aromatic N) is 1. The first-order valence-corrected chi connectivity index (χ1v) is 14.5. The number of benzene rings is 1. The quantitative estimate of drug-likeness (QED) is 0.236. The molecule has 0 aliphatic heterocycles. The second-order valence-electron chi connectivity index (χ2n) is 10.7. The van der Waals surface area contributed by atoms with Crippen molar-refractivity contribution in [2.24, 2.45) is 5.92 Å². The molecule has 1 aromatic carbocycles. The zero-order valence-electron chi connectivity index (χ0n) is 22.6. The molecule has 3 heteroatoms. The van der Waals surface area contributed by atoms with Crippen LogP contribution in [0.3, 0.4) is 0 Å². The normalized spacial score (nSPS) is 16.2. The SMILES string of the molecule is CCCCCCCOc1ccc(-c2ccc(C3(C(CCC)CCCC)CCCCC3)cn2)c(F)c1. The number of hydrogen-bond acceptors (Lipinski definition) is 2. The molecule has 3 rings (SSSR count). The average molecular weight is 482 g/mol. The molecule has 0 bridgehead atoms. The van der Waals surface area contributed by atoms with E-state index in [1.807, 2.05) is 18.2 Å². The van der Waals surface area contributed by atoms with Gasteiger partial charge in [0.25, 0.3) is 0 Å². The molecule has 1 aromatic heterocycles. The predicted octanol–water partition coefficient (Wildman–Crippen LogP) is 10.0. The molecule has 1 unspecified atom stereocenters. The molecule has 0 N–H and O–H groups in total.